The van der Waals surface area contributed by atoms with E-state index in [1.807, 2.05) is 48.5 Å². The first-order valence-corrected chi connectivity index (χ1v) is 9.90. The van der Waals surface area contributed by atoms with Crippen LogP contribution in [-0.4, -0.2) is 34.8 Å². The van der Waals surface area contributed by atoms with E-state index in [-0.39, 0.29) is 30.2 Å². The van der Waals surface area contributed by atoms with Crippen LogP contribution in [0.4, 0.5) is 5.82 Å². The van der Waals surface area contributed by atoms with Crippen molar-refractivity contribution in [1.82, 2.24) is 15.5 Å². The molecule has 1 aromatic heterocycles. The Morgan fingerprint density at radius 3 is 2.59 bits per heavy atom. The third kappa shape index (κ3) is 4.74. The van der Waals surface area contributed by atoms with Crippen LogP contribution in [0.25, 0.3) is 10.8 Å². The number of nitrogens with one attached hydrogen (secondary N) is 3. The van der Waals surface area contributed by atoms with Gasteiger partial charge in [-0.1, -0.05) is 36.4 Å². The van der Waals surface area contributed by atoms with Crippen molar-refractivity contribution >= 4 is 22.5 Å². The molecule has 1 aliphatic carbocycles. The third-order valence-corrected chi connectivity index (χ3v) is 5.19. The van der Waals surface area contributed by atoms with Gasteiger partial charge in [0.15, 0.2) is 12.4 Å². The van der Waals surface area contributed by atoms with Crippen LogP contribution < -0.4 is 20.9 Å². The molecule has 150 valence electrons. The molecule has 4 rings (SSSR count). The molecule has 3 aromatic rings. The second-order valence-corrected chi connectivity index (χ2v) is 7.32. The molecule has 7 heteroatoms. The van der Waals surface area contributed by atoms with Gasteiger partial charge in [0.2, 0.25) is 0 Å². The molecule has 0 radical (unpaired) electrons. The standard InChI is InChI=1S/C22H24N4O3/c27-20(14-29-17-9-2-1-3-10-17)23-15-7-6-8-16(13-15)24-21-18-11-4-5-12-19(18)22(28)26-25-21/h1-5,9-12,15-16H,6-8,13-14H2,(H,23,27)(H,24,25)(H,26,28). The van der Waals surface area contributed by atoms with Crippen LogP contribution in [0.3, 0.4) is 0 Å². The Morgan fingerprint density at radius 2 is 1.76 bits per heavy atom. The second-order valence-electron chi connectivity index (χ2n) is 7.32. The van der Waals surface area contributed by atoms with Crippen molar-refractivity contribution in [2.24, 2.45) is 0 Å². The largest absolute Gasteiger partial charge is 0.484 e. The average molecular weight is 392 g/mol. The zero-order valence-electron chi connectivity index (χ0n) is 16.1. The second kappa shape index (κ2) is 8.77. The number of aromatic nitrogens is 2. The number of benzene rings is 2. The summed E-state index contributed by atoms with van der Waals surface area (Å²) < 4.78 is 5.52. The number of carbonyl (C=O) groups excluding carboxylic acids is 1. The summed E-state index contributed by atoms with van der Waals surface area (Å²) in [5.74, 6) is 1.23. The molecule has 3 N–H and O–H groups in total. The molecule has 2 atom stereocenters. The van der Waals surface area contributed by atoms with Gasteiger partial charge in [-0.15, -0.1) is 0 Å². The van der Waals surface area contributed by atoms with Crippen molar-refractivity contribution in [3.05, 3.63) is 65.0 Å². The summed E-state index contributed by atoms with van der Waals surface area (Å²) in [6.07, 6.45) is 3.73. The molecule has 0 saturated heterocycles. The van der Waals surface area contributed by atoms with Crippen LogP contribution in [0, 0.1) is 0 Å². The first-order chi connectivity index (χ1) is 14.2. The summed E-state index contributed by atoms with van der Waals surface area (Å²) in [7, 11) is 0. The van der Waals surface area contributed by atoms with Gasteiger partial charge in [-0.2, -0.15) is 5.10 Å². The van der Waals surface area contributed by atoms with Crippen LogP contribution in [0.2, 0.25) is 0 Å². The van der Waals surface area contributed by atoms with E-state index in [4.69, 9.17) is 4.74 Å². The number of anilines is 1. The van der Waals surface area contributed by atoms with Gasteiger partial charge in [-0.3, -0.25) is 9.59 Å². The monoisotopic (exact) mass is 392 g/mol. The highest BCUT2D eigenvalue weighted by Gasteiger charge is 2.24. The highest BCUT2D eigenvalue weighted by Crippen LogP contribution is 2.24. The molecule has 0 aliphatic heterocycles. The Labute approximate surface area is 168 Å². The highest BCUT2D eigenvalue weighted by atomic mass is 16.5. The molecule has 1 amide bonds. The highest BCUT2D eigenvalue weighted by molar-refractivity contribution is 5.90. The van der Waals surface area contributed by atoms with E-state index >= 15 is 0 Å². The minimum atomic E-state index is -0.196. The zero-order chi connectivity index (χ0) is 20.1. The summed E-state index contributed by atoms with van der Waals surface area (Å²) in [5, 5.41) is 14.7. The molecular formula is C22H24N4O3. The minimum absolute atomic E-state index is 0.00469. The predicted octanol–water partition coefficient (Wildman–Crippen LogP) is 2.84. The summed E-state index contributed by atoms with van der Waals surface area (Å²) in [4.78, 5) is 24.2. The number of ether oxygens (including phenoxy) is 1. The number of H-pyrrole nitrogens is 1. The summed E-state index contributed by atoms with van der Waals surface area (Å²) in [6, 6.07) is 17.0. The van der Waals surface area contributed by atoms with E-state index in [9.17, 15) is 9.59 Å². The Hall–Kier alpha value is -3.35. The van der Waals surface area contributed by atoms with Crippen LogP contribution in [0.1, 0.15) is 25.7 Å². The lowest BCUT2D eigenvalue weighted by atomic mass is 9.91. The molecule has 29 heavy (non-hydrogen) atoms. The maximum absolute atomic E-state index is 12.3. The lowest BCUT2D eigenvalue weighted by Crippen LogP contribution is -2.43. The molecule has 0 bridgehead atoms. The number of fused-ring (bicyclic) bond motifs is 1. The molecule has 2 aromatic carbocycles. The molecule has 2 unspecified atom stereocenters. The lowest BCUT2D eigenvalue weighted by molar-refractivity contribution is -0.124. The Balaban J connectivity index is 1.35. The average Bonchev–Trinajstić information content (AvgIpc) is 2.75. The number of carbonyl (C=O) groups is 1. The van der Waals surface area contributed by atoms with Gasteiger partial charge in [0.25, 0.3) is 11.5 Å². The van der Waals surface area contributed by atoms with Crippen molar-refractivity contribution < 1.29 is 9.53 Å². The van der Waals surface area contributed by atoms with Crippen LogP contribution >= 0.6 is 0 Å². The molecule has 0 spiro atoms. The van der Waals surface area contributed by atoms with Crippen molar-refractivity contribution in [2.75, 3.05) is 11.9 Å². The first kappa shape index (κ1) is 19.0. The number of hydrogen-bond donors (Lipinski definition) is 3. The maximum Gasteiger partial charge on any atom is 0.272 e. The SMILES string of the molecule is O=C(COc1ccccc1)NC1CCCC(Nc2n[nH]c(=O)c3ccccc23)C1. The van der Waals surface area contributed by atoms with E-state index in [0.717, 1.165) is 31.1 Å². The van der Waals surface area contributed by atoms with Crippen molar-refractivity contribution in [1.29, 1.82) is 0 Å². The molecule has 1 heterocycles. The van der Waals surface area contributed by atoms with Gasteiger partial charge in [0.05, 0.1) is 5.39 Å². The van der Waals surface area contributed by atoms with Gasteiger partial charge in [0, 0.05) is 17.5 Å². The Kier molecular flexibility index (Phi) is 5.74. The smallest absolute Gasteiger partial charge is 0.272 e. The summed E-state index contributed by atoms with van der Waals surface area (Å²) >= 11 is 0. The maximum atomic E-state index is 12.3. The quantitative estimate of drug-likeness (QED) is 0.599. The fraction of sp³-hybridized carbons (Fsp3) is 0.318. The summed E-state index contributed by atoms with van der Waals surface area (Å²) in [6.45, 7) is 0.00469. The molecule has 1 fully saturated rings. The minimum Gasteiger partial charge on any atom is -0.484 e. The van der Waals surface area contributed by atoms with E-state index < -0.39 is 0 Å². The third-order valence-electron chi connectivity index (χ3n) is 5.19. The van der Waals surface area contributed by atoms with E-state index in [1.54, 1.807) is 6.07 Å². The fourth-order valence-electron chi connectivity index (χ4n) is 3.81. The Morgan fingerprint density at radius 1 is 1.03 bits per heavy atom. The van der Waals surface area contributed by atoms with Gasteiger partial charge >= 0.3 is 0 Å². The van der Waals surface area contributed by atoms with Crippen molar-refractivity contribution in [2.45, 2.75) is 37.8 Å². The van der Waals surface area contributed by atoms with Crippen molar-refractivity contribution in [3.8, 4) is 5.75 Å². The number of aromatic amines is 1. The van der Waals surface area contributed by atoms with E-state index in [2.05, 4.69) is 20.8 Å². The van der Waals surface area contributed by atoms with Crippen LogP contribution in [0.5, 0.6) is 5.75 Å². The molecule has 1 saturated carbocycles. The van der Waals surface area contributed by atoms with Crippen LogP contribution in [0.15, 0.2) is 59.4 Å². The zero-order valence-corrected chi connectivity index (χ0v) is 16.1. The van der Waals surface area contributed by atoms with Gasteiger partial charge < -0.3 is 15.4 Å². The summed E-state index contributed by atoms with van der Waals surface area (Å²) in [5.41, 5.74) is -0.196. The number of rotatable bonds is 6. The number of hydrogen-bond acceptors (Lipinski definition) is 5. The molecule has 1 aliphatic rings. The number of para-hydroxylation sites is 1. The fourth-order valence-corrected chi connectivity index (χ4v) is 3.81. The molecular weight excluding hydrogens is 368 g/mol. The van der Waals surface area contributed by atoms with Crippen molar-refractivity contribution in [3.63, 3.8) is 0 Å². The number of amides is 1. The van der Waals surface area contributed by atoms with Gasteiger partial charge in [-0.05, 0) is 43.9 Å². The van der Waals surface area contributed by atoms with Crippen LogP contribution in [-0.2, 0) is 4.79 Å². The normalized spacial score (nSPS) is 18.9. The van der Waals surface area contributed by atoms with Gasteiger partial charge in [-0.25, -0.2) is 5.10 Å². The lowest BCUT2D eigenvalue weighted by Gasteiger charge is -2.30. The first-order valence-electron chi connectivity index (χ1n) is 9.90. The number of nitrogens with zero attached hydrogens (tertiary/aromatic N) is 1. The molecule has 7 nitrogen and oxygen atoms in total. The van der Waals surface area contributed by atoms with E-state index in [1.165, 1.54) is 0 Å². The van der Waals surface area contributed by atoms with E-state index in [0.29, 0.717) is 17.0 Å². The van der Waals surface area contributed by atoms with Gasteiger partial charge in [0.1, 0.15) is 5.75 Å². The predicted molar refractivity (Wildman–Crippen MR) is 112 cm³/mol. The topological polar surface area (TPSA) is 96.1 Å². The Bertz CT molecular complexity index is 1030.